The van der Waals surface area contributed by atoms with Gasteiger partial charge in [-0.1, -0.05) is 20.3 Å². The van der Waals surface area contributed by atoms with Gasteiger partial charge < -0.3 is 27.3 Å². The van der Waals surface area contributed by atoms with Gasteiger partial charge in [0.25, 0.3) is 0 Å². The van der Waals surface area contributed by atoms with Gasteiger partial charge in [0.2, 0.25) is 0 Å². The van der Waals surface area contributed by atoms with Gasteiger partial charge in [0.1, 0.15) is 0 Å². The standard InChI is InChI=1S/C16H31BO6Si/c1-12(2)6-7-17-19-11-15(20-17)10-18-8-5-9-24-21-13(3)16(23-24)14(4)22-24/h12-16H,5-11H2,1-4H3. The predicted molar refractivity (Wildman–Crippen MR) is 92.8 cm³/mol. The molecule has 0 aliphatic carbocycles. The maximum absolute atomic E-state index is 6.02. The molecule has 0 aromatic heterocycles. The molecule has 24 heavy (non-hydrogen) atoms. The van der Waals surface area contributed by atoms with Gasteiger partial charge in [-0.2, -0.15) is 0 Å². The van der Waals surface area contributed by atoms with E-state index in [1.807, 2.05) is 0 Å². The van der Waals surface area contributed by atoms with Gasteiger partial charge in [0.15, 0.2) is 0 Å². The third kappa shape index (κ3) is 4.60. The van der Waals surface area contributed by atoms with E-state index < -0.39 is 8.80 Å². The molecule has 3 heterocycles. The predicted octanol–water partition coefficient (Wildman–Crippen LogP) is 2.50. The summed E-state index contributed by atoms with van der Waals surface area (Å²) in [5, 5.41) is 0. The summed E-state index contributed by atoms with van der Waals surface area (Å²) in [5.74, 6) is 0.680. The van der Waals surface area contributed by atoms with E-state index in [0.29, 0.717) is 25.7 Å². The Kier molecular flexibility index (Phi) is 6.40. The Balaban J connectivity index is 1.26. The van der Waals surface area contributed by atoms with Crippen LogP contribution in [0.3, 0.4) is 0 Å². The average molecular weight is 358 g/mol. The van der Waals surface area contributed by atoms with E-state index in [4.69, 9.17) is 27.3 Å². The fraction of sp³-hybridized carbons (Fsp3) is 1.00. The molecule has 0 spiro atoms. The molecule has 0 aromatic carbocycles. The lowest BCUT2D eigenvalue weighted by Gasteiger charge is -2.26. The molecule has 0 saturated carbocycles. The normalized spacial score (nSPS) is 38.6. The first-order valence-corrected chi connectivity index (χ1v) is 11.3. The van der Waals surface area contributed by atoms with Crippen LogP contribution in [0.25, 0.3) is 0 Å². The summed E-state index contributed by atoms with van der Waals surface area (Å²) in [5.41, 5.74) is 0. The van der Waals surface area contributed by atoms with Gasteiger partial charge in [0.05, 0.1) is 37.6 Å². The van der Waals surface area contributed by atoms with E-state index in [-0.39, 0.29) is 31.5 Å². The molecule has 138 valence electrons. The molecule has 3 fully saturated rings. The van der Waals surface area contributed by atoms with Crippen LogP contribution in [0, 0.1) is 5.92 Å². The lowest BCUT2D eigenvalue weighted by molar-refractivity contribution is 0.0373. The van der Waals surface area contributed by atoms with Crippen molar-refractivity contribution in [2.45, 2.75) is 77.3 Å². The fourth-order valence-corrected chi connectivity index (χ4v) is 6.86. The molecule has 3 unspecified atom stereocenters. The number of hydrogen-bond acceptors (Lipinski definition) is 6. The summed E-state index contributed by atoms with van der Waals surface area (Å²) in [4.78, 5) is 0. The highest BCUT2D eigenvalue weighted by atomic mass is 28.4. The van der Waals surface area contributed by atoms with Gasteiger partial charge in [0, 0.05) is 12.7 Å². The Hall–Kier alpha value is 0.0418. The van der Waals surface area contributed by atoms with E-state index >= 15 is 0 Å². The van der Waals surface area contributed by atoms with Crippen LogP contribution in [0.1, 0.15) is 40.5 Å². The number of ether oxygens (including phenoxy) is 1. The Labute approximate surface area is 147 Å². The molecule has 6 nitrogen and oxygen atoms in total. The molecule has 3 aliphatic rings. The minimum absolute atomic E-state index is 0.0561. The zero-order valence-corrected chi connectivity index (χ0v) is 16.4. The van der Waals surface area contributed by atoms with Gasteiger partial charge in [-0.05, 0) is 32.5 Å². The summed E-state index contributed by atoms with van der Waals surface area (Å²) in [6.07, 6.45) is 3.48. The highest BCUT2D eigenvalue weighted by molar-refractivity contribution is 6.62. The highest BCUT2D eigenvalue weighted by Crippen LogP contribution is 2.40. The fourth-order valence-electron chi connectivity index (χ4n) is 3.56. The van der Waals surface area contributed by atoms with Crippen molar-refractivity contribution < 1.29 is 27.3 Å². The monoisotopic (exact) mass is 358 g/mol. The summed E-state index contributed by atoms with van der Waals surface area (Å²) < 4.78 is 35.2. The minimum atomic E-state index is -2.41. The van der Waals surface area contributed by atoms with Crippen molar-refractivity contribution in [3.63, 3.8) is 0 Å². The maximum atomic E-state index is 6.02. The Morgan fingerprint density at radius 3 is 2.58 bits per heavy atom. The Morgan fingerprint density at radius 1 is 1.17 bits per heavy atom. The van der Waals surface area contributed by atoms with Gasteiger partial charge in [-0.3, -0.25) is 0 Å². The van der Waals surface area contributed by atoms with Crippen LogP contribution in [0.5, 0.6) is 0 Å². The number of rotatable bonds is 9. The molecular weight excluding hydrogens is 327 g/mol. The topological polar surface area (TPSA) is 55.4 Å². The summed E-state index contributed by atoms with van der Waals surface area (Å²) >= 11 is 0. The quantitative estimate of drug-likeness (QED) is 0.466. The van der Waals surface area contributed by atoms with Crippen molar-refractivity contribution in [2.24, 2.45) is 5.92 Å². The van der Waals surface area contributed by atoms with Crippen LogP contribution in [-0.4, -0.2) is 60.2 Å². The van der Waals surface area contributed by atoms with E-state index in [0.717, 1.165) is 25.2 Å². The zero-order chi connectivity index (χ0) is 17.2. The first-order chi connectivity index (χ1) is 11.5. The highest BCUT2D eigenvalue weighted by Gasteiger charge is 2.60. The molecule has 0 amide bonds. The van der Waals surface area contributed by atoms with Crippen LogP contribution >= 0.6 is 0 Å². The third-order valence-electron chi connectivity index (χ3n) is 4.84. The largest absolute Gasteiger partial charge is 0.502 e. The van der Waals surface area contributed by atoms with Crippen molar-refractivity contribution in [3.05, 3.63) is 0 Å². The minimum Gasteiger partial charge on any atom is -0.408 e. The second kappa shape index (κ2) is 8.16. The van der Waals surface area contributed by atoms with Crippen LogP contribution in [-0.2, 0) is 27.3 Å². The van der Waals surface area contributed by atoms with E-state index in [1.54, 1.807) is 0 Å². The second-order valence-corrected chi connectivity index (χ2v) is 10.2. The summed E-state index contributed by atoms with van der Waals surface area (Å²) in [6.45, 7) is 10.5. The van der Waals surface area contributed by atoms with Crippen LogP contribution < -0.4 is 0 Å². The molecular formula is C16H31BO6Si. The van der Waals surface area contributed by atoms with Crippen LogP contribution in [0.4, 0.5) is 0 Å². The van der Waals surface area contributed by atoms with Crippen LogP contribution in [0.15, 0.2) is 0 Å². The van der Waals surface area contributed by atoms with Crippen molar-refractivity contribution in [2.75, 3.05) is 19.8 Å². The Morgan fingerprint density at radius 2 is 1.92 bits per heavy atom. The molecule has 3 aliphatic heterocycles. The molecule has 3 saturated heterocycles. The lowest BCUT2D eigenvalue weighted by atomic mass is 9.81. The van der Waals surface area contributed by atoms with E-state index in [2.05, 4.69) is 27.7 Å². The maximum Gasteiger partial charge on any atom is 0.502 e. The van der Waals surface area contributed by atoms with Gasteiger partial charge in [-0.25, -0.2) is 0 Å². The van der Waals surface area contributed by atoms with Gasteiger partial charge in [-0.15, -0.1) is 0 Å². The first-order valence-electron chi connectivity index (χ1n) is 9.36. The molecule has 2 bridgehead atoms. The summed E-state index contributed by atoms with van der Waals surface area (Å²) in [7, 11) is -2.46. The zero-order valence-electron chi connectivity index (χ0n) is 15.4. The van der Waals surface area contributed by atoms with Crippen molar-refractivity contribution in [1.29, 1.82) is 0 Å². The SMILES string of the molecule is CC(C)CCB1OCC(COCCC[Si]23OC(C)C(O2)C(C)O3)O1. The lowest BCUT2D eigenvalue weighted by Crippen LogP contribution is -2.44. The third-order valence-corrected chi connectivity index (χ3v) is 7.90. The molecule has 8 heteroatoms. The second-order valence-electron chi connectivity index (χ2n) is 7.58. The van der Waals surface area contributed by atoms with Crippen molar-refractivity contribution >= 4 is 15.9 Å². The Bertz CT molecular complexity index is 400. The summed E-state index contributed by atoms with van der Waals surface area (Å²) in [6, 6.07) is 0.831. The van der Waals surface area contributed by atoms with Gasteiger partial charge >= 0.3 is 15.9 Å². The molecule has 3 atom stereocenters. The molecule has 0 N–H and O–H groups in total. The van der Waals surface area contributed by atoms with E-state index in [9.17, 15) is 0 Å². The molecule has 3 rings (SSSR count). The van der Waals surface area contributed by atoms with E-state index in [1.165, 1.54) is 0 Å². The molecule has 0 aromatic rings. The number of fused-ring (bicyclic) bond motifs is 2. The average Bonchev–Trinajstić information content (AvgIpc) is 3.18. The smallest absolute Gasteiger partial charge is 0.408 e. The molecule has 0 radical (unpaired) electrons. The van der Waals surface area contributed by atoms with Crippen molar-refractivity contribution in [3.8, 4) is 0 Å². The van der Waals surface area contributed by atoms with Crippen LogP contribution in [0.2, 0.25) is 12.4 Å². The van der Waals surface area contributed by atoms with Crippen molar-refractivity contribution in [1.82, 2.24) is 0 Å². The first kappa shape index (κ1) is 18.8. The number of hydrogen-bond donors (Lipinski definition) is 0.